The topological polar surface area (TPSA) is 37.8 Å². The molecule has 1 heterocycles. The zero-order valence-corrected chi connectivity index (χ0v) is 11.7. The van der Waals surface area contributed by atoms with Crippen molar-refractivity contribution in [1.82, 2.24) is 9.97 Å². The third-order valence-electron chi connectivity index (χ3n) is 2.40. The van der Waals surface area contributed by atoms with Gasteiger partial charge in [0.2, 0.25) is 0 Å². The first-order valence-corrected chi connectivity index (χ1v) is 7.11. The fourth-order valence-corrected chi connectivity index (χ4v) is 2.32. The van der Waals surface area contributed by atoms with E-state index >= 15 is 0 Å². The maximum atomic E-state index is 6.03. The lowest BCUT2D eigenvalue weighted by molar-refractivity contribution is 0.765. The lowest BCUT2D eigenvalue weighted by Crippen LogP contribution is -2.22. The van der Waals surface area contributed by atoms with Crippen LogP contribution in [0.4, 0.5) is 5.82 Å². The minimum absolute atomic E-state index is 0.430. The van der Waals surface area contributed by atoms with Gasteiger partial charge >= 0.3 is 0 Å². The fourth-order valence-electron chi connectivity index (χ4n) is 1.39. The summed E-state index contributed by atoms with van der Waals surface area (Å²) in [7, 11) is 0. The molecule has 1 atom stereocenters. The van der Waals surface area contributed by atoms with Crippen LogP contribution in [0.15, 0.2) is 0 Å². The van der Waals surface area contributed by atoms with E-state index in [-0.39, 0.29) is 0 Å². The first kappa shape index (κ1) is 13.6. The summed E-state index contributed by atoms with van der Waals surface area (Å²) in [5, 5.41) is 3.96. The molecule has 0 aliphatic carbocycles. The average Bonchev–Trinajstić information content (AvgIpc) is 2.24. The van der Waals surface area contributed by atoms with E-state index in [1.807, 2.05) is 25.6 Å². The molecule has 0 saturated carbocycles. The van der Waals surface area contributed by atoms with Crippen LogP contribution in [0.3, 0.4) is 0 Å². The molecular formula is C11H18ClN3S. The predicted molar refractivity (Wildman–Crippen MR) is 72.6 cm³/mol. The van der Waals surface area contributed by atoms with Crippen molar-refractivity contribution in [2.24, 2.45) is 0 Å². The number of halogens is 1. The van der Waals surface area contributed by atoms with Gasteiger partial charge in [-0.15, -0.1) is 0 Å². The normalized spacial score (nSPS) is 12.6. The Kier molecular flexibility index (Phi) is 5.35. The highest BCUT2D eigenvalue weighted by Crippen LogP contribution is 2.21. The molecule has 0 saturated heterocycles. The van der Waals surface area contributed by atoms with Gasteiger partial charge in [0.1, 0.15) is 16.8 Å². The van der Waals surface area contributed by atoms with Gasteiger partial charge in [0.25, 0.3) is 0 Å². The van der Waals surface area contributed by atoms with Crippen LogP contribution in [0.2, 0.25) is 5.15 Å². The van der Waals surface area contributed by atoms with Gasteiger partial charge in [-0.05, 0) is 26.5 Å². The lowest BCUT2D eigenvalue weighted by atomic mass is 10.2. The van der Waals surface area contributed by atoms with Gasteiger partial charge in [0.05, 0.1) is 0 Å². The third kappa shape index (κ3) is 3.52. The smallest absolute Gasteiger partial charge is 0.137 e. The molecule has 16 heavy (non-hydrogen) atoms. The Balaban J connectivity index is 2.87. The van der Waals surface area contributed by atoms with Gasteiger partial charge < -0.3 is 5.32 Å². The summed E-state index contributed by atoms with van der Waals surface area (Å²) >= 11 is 7.86. The Morgan fingerprint density at radius 2 is 2.06 bits per heavy atom. The number of thioether (sulfide) groups is 1. The quantitative estimate of drug-likeness (QED) is 0.824. The minimum atomic E-state index is 0.430. The van der Waals surface area contributed by atoms with Gasteiger partial charge in [0.15, 0.2) is 0 Å². The maximum Gasteiger partial charge on any atom is 0.137 e. The zero-order valence-electron chi connectivity index (χ0n) is 10.2. The van der Waals surface area contributed by atoms with Gasteiger partial charge in [-0.2, -0.15) is 11.8 Å². The molecule has 1 N–H and O–H groups in total. The van der Waals surface area contributed by atoms with E-state index in [0.717, 1.165) is 23.6 Å². The monoisotopic (exact) mass is 259 g/mol. The SMILES string of the molecule is CCC(CSC)Nc1nc(C)nc(Cl)c1C. The van der Waals surface area contributed by atoms with Gasteiger partial charge in [-0.25, -0.2) is 9.97 Å². The Bertz CT molecular complexity index is 357. The van der Waals surface area contributed by atoms with Crippen molar-refractivity contribution in [2.45, 2.75) is 33.2 Å². The first-order chi connectivity index (χ1) is 7.58. The van der Waals surface area contributed by atoms with E-state index in [0.29, 0.717) is 17.0 Å². The van der Waals surface area contributed by atoms with E-state index in [2.05, 4.69) is 28.5 Å². The Morgan fingerprint density at radius 1 is 1.38 bits per heavy atom. The summed E-state index contributed by atoms with van der Waals surface area (Å²) in [6, 6.07) is 0.430. The highest BCUT2D eigenvalue weighted by atomic mass is 35.5. The molecular weight excluding hydrogens is 242 g/mol. The average molecular weight is 260 g/mol. The fraction of sp³-hybridized carbons (Fsp3) is 0.636. The molecule has 1 rings (SSSR count). The lowest BCUT2D eigenvalue weighted by Gasteiger charge is -2.18. The summed E-state index contributed by atoms with van der Waals surface area (Å²) in [6.07, 6.45) is 3.18. The van der Waals surface area contributed by atoms with Crippen molar-refractivity contribution in [3.8, 4) is 0 Å². The second-order valence-corrected chi connectivity index (χ2v) is 5.01. The largest absolute Gasteiger partial charge is 0.366 e. The Morgan fingerprint density at radius 3 is 2.62 bits per heavy atom. The second-order valence-electron chi connectivity index (χ2n) is 3.74. The number of hydrogen-bond acceptors (Lipinski definition) is 4. The second kappa shape index (κ2) is 6.30. The summed E-state index contributed by atoms with van der Waals surface area (Å²) in [6.45, 7) is 5.96. The van der Waals surface area contributed by atoms with Crippen molar-refractivity contribution in [1.29, 1.82) is 0 Å². The van der Waals surface area contributed by atoms with Crippen LogP contribution >= 0.6 is 23.4 Å². The number of nitrogens with one attached hydrogen (secondary N) is 1. The Hall–Kier alpha value is -0.480. The minimum Gasteiger partial charge on any atom is -0.366 e. The van der Waals surface area contributed by atoms with Crippen LogP contribution in [-0.4, -0.2) is 28.0 Å². The number of nitrogens with zero attached hydrogens (tertiary/aromatic N) is 2. The zero-order chi connectivity index (χ0) is 12.1. The van der Waals surface area contributed by atoms with Crippen molar-refractivity contribution >= 4 is 29.2 Å². The predicted octanol–water partition coefficient (Wildman–Crippen LogP) is 3.30. The van der Waals surface area contributed by atoms with Crippen LogP contribution in [0, 0.1) is 13.8 Å². The van der Waals surface area contributed by atoms with Gasteiger partial charge in [0, 0.05) is 17.4 Å². The molecule has 0 bridgehead atoms. The highest BCUT2D eigenvalue weighted by Gasteiger charge is 2.11. The molecule has 90 valence electrons. The van der Waals surface area contributed by atoms with Crippen LogP contribution in [-0.2, 0) is 0 Å². The molecule has 1 aromatic rings. The highest BCUT2D eigenvalue weighted by molar-refractivity contribution is 7.98. The van der Waals surface area contributed by atoms with Crippen LogP contribution in [0.5, 0.6) is 0 Å². The summed E-state index contributed by atoms with van der Waals surface area (Å²) < 4.78 is 0. The Labute approximate surface area is 106 Å². The molecule has 0 radical (unpaired) electrons. The van der Waals surface area contributed by atoms with Crippen molar-refractivity contribution < 1.29 is 0 Å². The third-order valence-corrected chi connectivity index (χ3v) is 3.50. The number of anilines is 1. The van der Waals surface area contributed by atoms with E-state index in [1.165, 1.54) is 0 Å². The van der Waals surface area contributed by atoms with Gasteiger partial charge in [-0.3, -0.25) is 0 Å². The van der Waals surface area contributed by atoms with Crippen molar-refractivity contribution in [3.05, 3.63) is 16.5 Å². The maximum absolute atomic E-state index is 6.03. The van der Waals surface area contributed by atoms with Crippen LogP contribution < -0.4 is 5.32 Å². The number of aryl methyl sites for hydroxylation is 1. The van der Waals surface area contributed by atoms with Crippen LogP contribution in [0.1, 0.15) is 24.7 Å². The van der Waals surface area contributed by atoms with E-state index in [4.69, 9.17) is 11.6 Å². The number of aromatic nitrogens is 2. The molecule has 0 fully saturated rings. The first-order valence-electron chi connectivity index (χ1n) is 5.34. The van der Waals surface area contributed by atoms with Crippen molar-refractivity contribution in [2.75, 3.05) is 17.3 Å². The molecule has 0 aromatic carbocycles. The standard InChI is InChI=1S/C11H18ClN3S/c1-5-9(6-16-4)15-11-7(2)10(12)13-8(3)14-11/h9H,5-6H2,1-4H3,(H,13,14,15). The van der Waals surface area contributed by atoms with Crippen LogP contribution in [0.25, 0.3) is 0 Å². The molecule has 5 heteroatoms. The number of rotatable bonds is 5. The summed E-state index contributed by atoms with van der Waals surface area (Å²) in [5.74, 6) is 2.63. The number of hydrogen-bond donors (Lipinski definition) is 1. The van der Waals surface area contributed by atoms with Gasteiger partial charge in [-0.1, -0.05) is 18.5 Å². The molecule has 1 aromatic heterocycles. The van der Waals surface area contributed by atoms with E-state index in [1.54, 1.807) is 0 Å². The van der Waals surface area contributed by atoms with Crippen molar-refractivity contribution in [3.63, 3.8) is 0 Å². The molecule has 3 nitrogen and oxygen atoms in total. The molecule has 0 amide bonds. The van der Waals surface area contributed by atoms with E-state index in [9.17, 15) is 0 Å². The molecule has 0 aliphatic heterocycles. The summed E-state index contributed by atoms with van der Waals surface area (Å²) in [4.78, 5) is 8.51. The summed E-state index contributed by atoms with van der Waals surface area (Å²) in [5.41, 5.74) is 0.923. The molecule has 1 unspecified atom stereocenters. The van der Waals surface area contributed by atoms with E-state index < -0.39 is 0 Å². The molecule has 0 spiro atoms. The molecule has 0 aliphatic rings.